The molecule has 0 atom stereocenters. The van der Waals surface area contributed by atoms with Gasteiger partial charge in [-0.2, -0.15) is 0 Å². The van der Waals surface area contributed by atoms with Crippen molar-refractivity contribution in [3.05, 3.63) is 38.9 Å². The minimum absolute atomic E-state index is 0.0651. The molecule has 108 valence electrons. The fourth-order valence-electron chi connectivity index (χ4n) is 2.15. The second kappa shape index (κ2) is 6.22. The molecule has 0 spiro atoms. The number of nitro groups is 1. The van der Waals surface area contributed by atoms with E-state index in [1.807, 2.05) is 0 Å². The number of rotatable bonds is 6. The molecular formula is C14H17ClN2O3. The monoisotopic (exact) mass is 296 g/mol. The summed E-state index contributed by atoms with van der Waals surface area (Å²) in [6.45, 7) is 2.74. The average molecular weight is 297 g/mol. The van der Waals surface area contributed by atoms with Crippen LogP contribution in [0.1, 0.15) is 43.0 Å². The van der Waals surface area contributed by atoms with E-state index in [-0.39, 0.29) is 28.2 Å². The van der Waals surface area contributed by atoms with Gasteiger partial charge < -0.3 is 4.90 Å². The largest absolute Gasteiger partial charge is 0.336 e. The number of carbonyl (C=O) groups is 1. The zero-order chi connectivity index (χ0) is 14.7. The molecule has 5 nitrogen and oxygen atoms in total. The minimum Gasteiger partial charge on any atom is -0.336 e. The molecule has 1 amide bonds. The summed E-state index contributed by atoms with van der Waals surface area (Å²) in [5.41, 5.74) is 0.00706. The lowest BCUT2D eigenvalue weighted by atomic mass is 10.1. The van der Waals surface area contributed by atoms with Gasteiger partial charge >= 0.3 is 0 Å². The summed E-state index contributed by atoms with van der Waals surface area (Å²) in [6, 6.07) is 4.64. The molecule has 0 N–H and O–H groups in total. The Hall–Kier alpha value is -1.62. The number of nitrogens with zero attached hydrogens (tertiary/aromatic N) is 2. The first kappa shape index (κ1) is 14.8. The molecule has 1 aromatic carbocycles. The summed E-state index contributed by atoms with van der Waals surface area (Å²) in [5, 5.41) is 10.8. The summed E-state index contributed by atoms with van der Waals surface area (Å²) in [7, 11) is 0. The lowest BCUT2D eigenvalue weighted by molar-refractivity contribution is -0.384. The Morgan fingerprint density at radius 3 is 2.75 bits per heavy atom. The average Bonchev–Trinajstić information content (AvgIpc) is 3.23. The van der Waals surface area contributed by atoms with E-state index >= 15 is 0 Å². The minimum atomic E-state index is -0.563. The Balaban J connectivity index is 2.27. The van der Waals surface area contributed by atoms with E-state index in [0.29, 0.717) is 6.54 Å². The Morgan fingerprint density at radius 2 is 2.20 bits per heavy atom. The summed E-state index contributed by atoms with van der Waals surface area (Å²) >= 11 is 6.01. The molecule has 0 aliphatic heterocycles. The van der Waals surface area contributed by atoms with Gasteiger partial charge in [0.1, 0.15) is 5.02 Å². The molecule has 0 bridgehead atoms. The van der Waals surface area contributed by atoms with Gasteiger partial charge in [-0.25, -0.2) is 0 Å². The van der Waals surface area contributed by atoms with Gasteiger partial charge in [-0.05, 0) is 25.3 Å². The Labute approximate surface area is 122 Å². The van der Waals surface area contributed by atoms with Gasteiger partial charge in [-0.3, -0.25) is 14.9 Å². The van der Waals surface area contributed by atoms with Crippen LogP contribution in [-0.2, 0) is 0 Å². The molecule has 6 heteroatoms. The van der Waals surface area contributed by atoms with Crippen molar-refractivity contribution in [3.63, 3.8) is 0 Å². The Morgan fingerprint density at radius 1 is 1.50 bits per heavy atom. The number of nitro benzene ring substituents is 1. The van der Waals surface area contributed by atoms with Crippen molar-refractivity contribution in [2.24, 2.45) is 0 Å². The standard InChI is InChI=1S/C14H17ClN2O3/c1-2-3-9-16(10-7-8-10)14(18)11-5-4-6-12(13(11)15)17(19)20/h4-6,10H,2-3,7-9H2,1H3. The fourth-order valence-corrected chi connectivity index (χ4v) is 2.42. The van der Waals surface area contributed by atoms with Crippen LogP contribution in [0.3, 0.4) is 0 Å². The molecule has 20 heavy (non-hydrogen) atoms. The van der Waals surface area contributed by atoms with Crippen LogP contribution in [0.5, 0.6) is 0 Å². The number of carbonyl (C=O) groups excluding carboxylic acids is 1. The topological polar surface area (TPSA) is 63.5 Å². The van der Waals surface area contributed by atoms with Gasteiger partial charge in [-0.15, -0.1) is 0 Å². The van der Waals surface area contributed by atoms with Gasteiger partial charge in [0.25, 0.3) is 11.6 Å². The normalized spacial score (nSPS) is 14.1. The Kier molecular flexibility index (Phi) is 4.60. The number of halogens is 1. The second-order valence-corrected chi connectivity index (χ2v) is 5.36. The number of amides is 1. The molecule has 1 aromatic rings. The maximum absolute atomic E-state index is 12.5. The van der Waals surface area contributed by atoms with E-state index in [9.17, 15) is 14.9 Å². The number of unbranched alkanes of at least 4 members (excludes halogenated alkanes) is 1. The SMILES string of the molecule is CCCCN(C(=O)c1cccc([N+](=O)[O-])c1Cl)C1CC1. The van der Waals surface area contributed by atoms with Crippen LogP contribution in [0.4, 0.5) is 5.69 Å². The van der Waals surface area contributed by atoms with E-state index in [0.717, 1.165) is 25.7 Å². The van der Waals surface area contributed by atoms with E-state index in [2.05, 4.69) is 6.92 Å². The first-order valence-corrected chi connectivity index (χ1v) is 7.18. The fraction of sp³-hybridized carbons (Fsp3) is 0.500. The Bertz CT molecular complexity index is 529. The van der Waals surface area contributed by atoms with Crippen molar-refractivity contribution in [1.82, 2.24) is 4.90 Å². The summed E-state index contributed by atoms with van der Waals surface area (Å²) in [6.07, 6.45) is 3.93. The van der Waals surface area contributed by atoms with E-state index in [4.69, 9.17) is 11.6 Å². The first-order valence-electron chi connectivity index (χ1n) is 6.80. The van der Waals surface area contributed by atoms with E-state index < -0.39 is 4.92 Å². The van der Waals surface area contributed by atoms with Crippen LogP contribution in [0, 0.1) is 10.1 Å². The van der Waals surface area contributed by atoms with Crippen LogP contribution in [0.15, 0.2) is 18.2 Å². The molecule has 1 aliphatic carbocycles. The quantitative estimate of drug-likeness (QED) is 0.594. The zero-order valence-electron chi connectivity index (χ0n) is 11.3. The molecule has 0 saturated heterocycles. The van der Waals surface area contributed by atoms with E-state index in [1.165, 1.54) is 12.1 Å². The first-order chi connectivity index (χ1) is 9.56. The van der Waals surface area contributed by atoms with Crippen molar-refractivity contribution >= 4 is 23.2 Å². The molecular weight excluding hydrogens is 280 g/mol. The third kappa shape index (κ3) is 3.10. The predicted molar refractivity (Wildman–Crippen MR) is 77.1 cm³/mol. The molecule has 0 aromatic heterocycles. The highest BCUT2D eigenvalue weighted by molar-refractivity contribution is 6.35. The van der Waals surface area contributed by atoms with E-state index in [1.54, 1.807) is 11.0 Å². The third-order valence-corrected chi connectivity index (χ3v) is 3.80. The van der Waals surface area contributed by atoms with Crippen LogP contribution in [0.25, 0.3) is 0 Å². The molecule has 2 rings (SSSR count). The summed E-state index contributed by atoms with van der Waals surface area (Å²) in [4.78, 5) is 24.7. The number of benzene rings is 1. The number of hydrogen-bond acceptors (Lipinski definition) is 3. The maximum Gasteiger partial charge on any atom is 0.288 e. The van der Waals surface area contributed by atoms with Crippen molar-refractivity contribution in [3.8, 4) is 0 Å². The second-order valence-electron chi connectivity index (χ2n) is 4.98. The van der Waals surface area contributed by atoms with Crippen LogP contribution in [0.2, 0.25) is 5.02 Å². The van der Waals surface area contributed by atoms with Gasteiger partial charge in [-0.1, -0.05) is 31.0 Å². The highest BCUT2D eigenvalue weighted by Gasteiger charge is 2.34. The van der Waals surface area contributed by atoms with Gasteiger partial charge in [0, 0.05) is 18.7 Å². The highest BCUT2D eigenvalue weighted by Crippen LogP contribution is 2.33. The smallest absolute Gasteiger partial charge is 0.288 e. The van der Waals surface area contributed by atoms with Crippen LogP contribution in [-0.4, -0.2) is 28.3 Å². The van der Waals surface area contributed by atoms with Gasteiger partial charge in [0.2, 0.25) is 0 Å². The zero-order valence-corrected chi connectivity index (χ0v) is 12.1. The molecule has 0 unspecified atom stereocenters. The summed E-state index contributed by atoms with van der Waals surface area (Å²) in [5.74, 6) is -0.199. The van der Waals surface area contributed by atoms with Crippen molar-refractivity contribution < 1.29 is 9.72 Å². The molecule has 1 aliphatic rings. The van der Waals surface area contributed by atoms with Gasteiger partial charge in [0.05, 0.1) is 10.5 Å². The number of hydrogen-bond donors (Lipinski definition) is 0. The predicted octanol–water partition coefficient (Wildman–Crippen LogP) is 3.65. The van der Waals surface area contributed by atoms with Crippen LogP contribution < -0.4 is 0 Å². The molecule has 1 saturated carbocycles. The van der Waals surface area contributed by atoms with Crippen molar-refractivity contribution in [2.45, 2.75) is 38.6 Å². The van der Waals surface area contributed by atoms with Crippen molar-refractivity contribution in [1.29, 1.82) is 0 Å². The third-order valence-electron chi connectivity index (χ3n) is 3.41. The molecule has 1 fully saturated rings. The lowest BCUT2D eigenvalue weighted by Gasteiger charge is -2.22. The summed E-state index contributed by atoms with van der Waals surface area (Å²) < 4.78 is 0. The van der Waals surface area contributed by atoms with Crippen LogP contribution >= 0.6 is 11.6 Å². The lowest BCUT2D eigenvalue weighted by Crippen LogP contribution is -2.34. The molecule has 0 radical (unpaired) electrons. The van der Waals surface area contributed by atoms with Crippen molar-refractivity contribution in [2.75, 3.05) is 6.54 Å². The van der Waals surface area contributed by atoms with Gasteiger partial charge in [0.15, 0.2) is 0 Å². The maximum atomic E-state index is 12.5. The molecule has 0 heterocycles. The highest BCUT2D eigenvalue weighted by atomic mass is 35.5.